The molecule has 112 valence electrons. The van der Waals surface area contributed by atoms with Gasteiger partial charge in [0.15, 0.2) is 11.6 Å². The second-order valence-electron chi connectivity index (χ2n) is 5.36. The van der Waals surface area contributed by atoms with E-state index in [2.05, 4.69) is 15.6 Å². The molecule has 0 aliphatic heterocycles. The maximum atomic E-state index is 13.9. The van der Waals surface area contributed by atoms with Gasteiger partial charge in [0.05, 0.1) is 5.56 Å². The third-order valence-electron chi connectivity index (χ3n) is 3.08. The summed E-state index contributed by atoms with van der Waals surface area (Å²) in [6, 6.07) is 1.37. The smallest absolute Gasteiger partial charge is 0.254 e. The van der Waals surface area contributed by atoms with Crippen LogP contribution in [0, 0.1) is 11.2 Å². The minimum absolute atomic E-state index is 0.00751. The lowest BCUT2D eigenvalue weighted by atomic mass is 9.89. The predicted octanol–water partition coefficient (Wildman–Crippen LogP) is 2.05. The maximum Gasteiger partial charge on any atom is 0.254 e. The van der Waals surface area contributed by atoms with Gasteiger partial charge in [-0.15, -0.1) is 0 Å². The molecule has 0 saturated heterocycles. The topological polar surface area (TPSA) is 63.2 Å². The quantitative estimate of drug-likeness (QED) is 0.804. The second kappa shape index (κ2) is 7.19. The van der Waals surface area contributed by atoms with Crippen molar-refractivity contribution in [2.24, 2.45) is 5.41 Å². The van der Waals surface area contributed by atoms with Crippen molar-refractivity contribution in [2.75, 3.05) is 32.6 Å². The van der Waals surface area contributed by atoms with Crippen molar-refractivity contribution in [1.29, 1.82) is 0 Å². The molecule has 0 aromatic carbocycles. The van der Waals surface area contributed by atoms with Gasteiger partial charge in [0, 0.05) is 33.5 Å². The molecular formula is C14H22FN3O2. The van der Waals surface area contributed by atoms with Crippen molar-refractivity contribution in [3.8, 4) is 0 Å². The van der Waals surface area contributed by atoms with Crippen molar-refractivity contribution in [3.63, 3.8) is 0 Å². The molecule has 20 heavy (non-hydrogen) atoms. The van der Waals surface area contributed by atoms with E-state index in [4.69, 9.17) is 4.74 Å². The van der Waals surface area contributed by atoms with Gasteiger partial charge in [-0.3, -0.25) is 4.79 Å². The van der Waals surface area contributed by atoms with Gasteiger partial charge in [0.2, 0.25) is 0 Å². The maximum absolute atomic E-state index is 13.9. The fourth-order valence-electron chi connectivity index (χ4n) is 1.67. The Bertz CT molecular complexity index is 464. The van der Waals surface area contributed by atoms with Crippen LogP contribution in [0.4, 0.5) is 10.2 Å². The van der Waals surface area contributed by atoms with Crippen LogP contribution in [-0.4, -0.2) is 38.2 Å². The first-order valence-electron chi connectivity index (χ1n) is 6.50. The molecule has 0 bridgehead atoms. The molecule has 0 unspecified atom stereocenters. The summed E-state index contributed by atoms with van der Waals surface area (Å²) in [6.45, 7) is 5.12. The fourth-order valence-corrected chi connectivity index (χ4v) is 1.67. The Hall–Kier alpha value is -1.69. The minimum Gasteiger partial charge on any atom is -0.385 e. The van der Waals surface area contributed by atoms with Gasteiger partial charge in [-0.05, 0) is 17.9 Å². The number of nitrogens with zero attached hydrogens (tertiary/aromatic N) is 1. The van der Waals surface area contributed by atoms with Crippen LogP contribution in [0.25, 0.3) is 0 Å². The highest BCUT2D eigenvalue weighted by Gasteiger charge is 2.21. The van der Waals surface area contributed by atoms with Crippen LogP contribution in [-0.2, 0) is 4.74 Å². The summed E-state index contributed by atoms with van der Waals surface area (Å²) in [5.74, 6) is -1.01. The molecule has 1 rings (SSSR count). The number of aromatic nitrogens is 1. The number of ether oxygens (including phenoxy) is 1. The van der Waals surface area contributed by atoms with Crippen molar-refractivity contribution in [1.82, 2.24) is 10.3 Å². The van der Waals surface area contributed by atoms with Gasteiger partial charge in [0.1, 0.15) is 0 Å². The number of hydrogen-bond acceptors (Lipinski definition) is 4. The van der Waals surface area contributed by atoms with Gasteiger partial charge in [0.25, 0.3) is 5.91 Å². The van der Waals surface area contributed by atoms with E-state index in [-0.39, 0.29) is 16.8 Å². The number of carbonyl (C=O) groups excluding carboxylic acids is 1. The van der Waals surface area contributed by atoms with Crippen molar-refractivity contribution >= 4 is 11.7 Å². The largest absolute Gasteiger partial charge is 0.385 e. The van der Waals surface area contributed by atoms with E-state index in [0.717, 1.165) is 6.42 Å². The van der Waals surface area contributed by atoms with Crippen molar-refractivity contribution in [2.45, 2.75) is 20.3 Å². The number of halogens is 1. The summed E-state index contributed by atoms with van der Waals surface area (Å²) in [4.78, 5) is 15.8. The fraction of sp³-hybridized carbons (Fsp3) is 0.571. The molecule has 0 atom stereocenters. The van der Waals surface area contributed by atoms with Crippen LogP contribution < -0.4 is 10.6 Å². The molecule has 1 aromatic rings. The summed E-state index contributed by atoms with van der Waals surface area (Å²) in [5, 5.41) is 5.36. The number of rotatable bonds is 7. The lowest BCUT2D eigenvalue weighted by Crippen LogP contribution is -2.35. The summed E-state index contributed by atoms with van der Waals surface area (Å²) in [7, 11) is 3.20. The molecule has 1 amide bonds. The molecule has 0 aliphatic carbocycles. The third-order valence-corrected chi connectivity index (χ3v) is 3.08. The molecule has 6 heteroatoms. The van der Waals surface area contributed by atoms with Crippen molar-refractivity contribution < 1.29 is 13.9 Å². The monoisotopic (exact) mass is 283 g/mol. The Morgan fingerprint density at radius 1 is 1.50 bits per heavy atom. The molecule has 0 spiro atoms. The highest BCUT2D eigenvalue weighted by atomic mass is 19.1. The molecule has 1 heterocycles. The Morgan fingerprint density at radius 2 is 2.20 bits per heavy atom. The van der Waals surface area contributed by atoms with Crippen molar-refractivity contribution in [3.05, 3.63) is 23.6 Å². The number of pyridine rings is 1. The standard InChI is InChI=1S/C14H22FN3O2/c1-14(2,6-8-20-4)9-18-13(19)10-5-7-17-12(16-3)11(10)15/h5,7H,6,8-9H2,1-4H3,(H,16,17)(H,18,19). The van der Waals surface area contributed by atoms with Crippen LogP contribution in [0.5, 0.6) is 0 Å². The zero-order valence-electron chi connectivity index (χ0n) is 12.4. The van der Waals surface area contributed by atoms with Gasteiger partial charge in [-0.25, -0.2) is 9.37 Å². The number of amides is 1. The van der Waals surface area contributed by atoms with Gasteiger partial charge < -0.3 is 15.4 Å². The normalized spacial score (nSPS) is 11.2. The average Bonchev–Trinajstić information content (AvgIpc) is 2.43. The Balaban J connectivity index is 2.68. The summed E-state index contributed by atoms with van der Waals surface area (Å²) in [5.41, 5.74) is -0.118. The number of hydrogen-bond donors (Lipinski definition) is 2. The highest BCUT2D eigenvalue weighted by molar-refractivity contribution is 5.95. The van der Waals surface area contributed by atoms with Crippen LogP contribution >= 0.6 is 0 Å². The minimum atomic E-state index is -0.637. The zero-order valence-corrected chi connectivity index (χ0v) is 12.4. The van der Waals surface area contributed by atoms with E-state index >= 15 is 0 Å². The third kappa shape index (κ3) is 4.45. The lowest BCUT2D eigenvalue weighted by Gasteiger charge is -2.24. The number of anilines is 1. The Labute approximate surface area is 118 Å². The van der Waals surface area contributed by atoms with Crippen LogP contribution in [0.15, 0.2) is 12.3 Å². The number of carbonyl (C=O) groups is 1. The number of nitrogens with one attached hydrogen (secondary N) is 2. The zero-order chi connectivity index (χ0) is 15.2. The summed E-state index contributed by atoms with van der Waals surface area (Å²) in [6.07, 6.45) is 2.21. The molecule has 2 N–H and O–H groups in total. The van der Waals surface area contributed by atoms with Crippen LogP contribution in [0.1, 0.15) is 30.6 Å². The number of methoxy groups -OCH3 is 1. The molecule has 5 nitrogen and oxygen atoms in total. The molecule has 1 aromatic heterocycles. The lowest BCUT2D eigenvalue weighted by molar-refractivity contribution is 0.0917. The van der Waals surface area contributed by atoms with Crippen LogP contribution in [0.3, 0.4) is 0 Å². The van der Waals surface area contributed by atoms with Crippen LogP contribution in [0.2, 0.25) is 0 Å². The van der Waals surface area contributed by atoms with Gasteiger partial charge >= 0.3 is 0 Å². The van der Waals surface area contributed by atoms with Gasteiger partial charge in [-0.1, -0.05) is 13.8 Å². The average molecular weight is 283 g/mol. The molecule has 0 fully saturated rings. The molecule has 0 radical (unpaired) electrons. The molecule has 0 aliphatic rings. The van der Waals surface area contributed by atoms with E-state index in [1.807, 2.05) is 13.8 Å². The van der Waals surface area contributed by atoms with E-state index < -0.39 is 11.7 Å². The van der Waals surface area contributed by atoms with E-state index in [9.17, 15) is 9.18 Å². The first-order valence-corrected chi connectivity index (χ1v) is 6.50. The molecule has 0 saturated carbocycles. The Morgan fingerprint density at radius 3 is 2.80 bits per heavy atom. The summed E-state index contributed by atoms with van der Waals surface area (Å²) >= 11 is 0. The SMILES string of the molecule is CNc1nccc(C(=O)NCC(C)(C)CCOC)c1F. The van der Waals surface area contributed by atoms with E-state index in [1.54, 1.807) is 14.2 Å². The summed E-state index contributed by atoms with van der Waals surface area (Å²) < 4.78 is 19.0. The first kappa shape index (κ1) is 16.4. The second-order valence-corrected chi connectivity index (χ2v) is 5.36. The predicted molar refractivity (Wildman–Crippen MR) is 76.3 cm³/mol. The Kier molecular flexibility index (Phi) is 5.88. The van der Waals surface area contributed by atoms with E-state index in [0.29, 0.717) is 13.2 Å². The molecular weight excluding hydrogens is 261 g/mol. The van der Waals surface area contributed by atoms with E-state index in [1.165, 1.54) is 12.3 Å². The highest BCUT2D eigenvalue weighted by Crippen LogP contribution is 2.19. The van der Waals surface area contributed by atoms with Gasteiger partial charge in [-0.2, -0.15) is 0 Å². The first-order chi connectivity index (χ1) is 9.41.